The van der Waals surface area contributed by atoms with Crippen LogP contribution in [0.1, 0.15) is 48.3 Å². The standard InChI is InChI=1S/C33H29F3N4O6S3/c1-32(2,3)18-9-7-17(8-10-18)24-25-26(29(43)40(28(25)42)21-6-4-5-19(15-21)33(34,35)36)47-30-27(24)48-31(44)39(30)16-23(41)38-20-11-13-22(14-12-20)49(37,45)46/h4-15,24-26H,16H2,1-3H3,(H,38,41)(H2,37,45,46)/t24-,25+,26-/m0/s1. The number of alkyl halides is 3. The van der Waals surface area contributed by atoms with Gasteiger partial charge in [-0.3, -0.25) is 23.7 Å². The van der Waals surface area contributed by atoms with Gasteiger partial charge in [0.05, 0.1) is 27.1 Å². The first kappa shape index (κ1) is 34.6. The zero-order chi connectivity index (χ0) is 35.6. The molecule has 0 saturated carbocycles. The van der Waals surface area contributed by atoms with Crippen molar-refractivity contribution in [2.75, 3.05) is 10.2 Å². The number of halogens is 3. The molecule has 0 unspecified atom stereocenters. The number of anilines is 2. The van der Waals surface area contributed by atoms with Crippen molar-refractivity contribution in [1.29, 1.82) is 0 Å². The molecular weight excluding hydrogens is 702 g/mol. The topological polar surface area (TPSA) is 149 Å². The Morgan fingerprint density at radius 2 is 1.57 bits per heavy atom. The van der Waals surface area contributed by atoms with Gasteiger partial charge in [-0.2, -0.15) is 13.2 Å². The molecule has 3 atom stereocenters. The van der Waals surface area contributed by atoms with E-state index in [4.69, 9.17) is 5.14 Å². The second-order valence-electron chi connectivity index (χ2n) is 12.7. The van der Waals surface area contributed by atoms with Gasteiger partial charge in [0.15, 0.2) is 0 Å². The summed E-state index contributed by atoms with van der Waals surface area (Å²) in [6, 6.07) is 16.6. The number of nitrogens with one attached hydrogen (secondary N) is 1. The molecule has 2 aliphatic rings. The molecule has 256 valence electrons. The Hall–Kier alpha value is -4.25. The van der Waals surface area contributed by atoms with E-state index >= 15 is 0 Å². The van der Waals surface area contributed by atoms with Crippen molar-refractivity contribution >= 4 is 62.2 Å². The SMILES string of the molecule is CC(C)(C)c1ccc([C@@H]2c3sc(=O)n(CC(=O)Nc4ccc(S(N)(=O)=O)cc4)c3S[C@@H]3C(=O)N(c4cccc(C(F)(F)F)c4)C(=O)[C@H]23)cc1. The number of benzene rings is 3. The second-order valence-corrected chi connectivity index (χ2v) is 16.4. The first-order valence-corrected chi connectivity index (χ1v) is 18.1. The zero-order valence-electron chi connectivity index (χ0n) is 26.1. The van der Waals surface area contributed by atoms with Crippen LogP contribution in [0.2, 0.25) is 0 Å². The molecule has 16 heteroatoms. The van der Waals surface area contributed by atoms with Crippen molar-refractivity contribution in [1.82, 2.24) is 4.57 Å². The maximum Gasteiger partial charge on any atom is 0.416 e. The molecule has 3 heterocycles. The third-order valence-corrected chi connectivity index (χ3v) is 11.9. The van der Waals surface area contributed by atoms with E-state index in [2.05, 4.69) is 5.32 Å². The number of carbonyl (C=O) groups excluding carboxylic acids is 3. The molecule has 3 aromatic carbocycles. The Morgan fingerprint density at radius 1 is 0.918 bits per heavy atom. The van der Waals surface area contributed by atoms with Gasteiger partial charge in [-0.1, -0.05) is 74.2 Å². The molecule has 0 aliphatic carbocycles. The Morgan fingerprint density at radius 3 is 2.16 bits per heavy atom. The summed E-state index contributed by atoms with van der Waals surface area (Å²) >= 11 is 1.77. The number of primary sulfonamides is 1. The van der Waals surface area contributed by atoms with Gasteiger partial charge in [0, 0.05) is 16.5 Å². The lowest BCUT2D eigenvalue weighted by molar-refractivity contribution is -0.137. The number of fused-ring (bicyclic) bond motifs is 2. The van der Waals surface area contributed by atoms with E-state index in [0.717, 1.165) is 51.8 Å². The molecule has 0 spiro atoms. The highest BCUT2D eigenvalue weighted by atomic mass is 32.2. The van der Waals surface area contributed by atoms with E-state index in [-0.39, 0.29) is 21.7 Å². The first-order valence-electron chi connectivity index (χ1n) is 14.8. The molecule has 6 rings (SSSR count). The Kier molecular flexibility index (Phi) is 8.66. The summed E-state index contributed by atoms with van der Waals surface area (Å²) in [6.07, 6.45) is -4.70. The van der Waals surface area contributed by atoms with Crippen LogP contribution in [0, 0.1) is 5.92 Å². The second kappa shape index (κ2) is 12.3. The molecule has 4 aromatic rings. The zero-order valence-corrected chi connectivity index (χ0v) is 28.6. The fourth-order valence-corrected chi connectivity index (χ4v) is 9.24. The molecule has 0 bridgehead atoms. The van der Waals surface area contributed by atoms with Gasteiger partial charge in [-0.05, 0) is 59.0 Å². The Balaban J connectivity index is 1.39. The highest BCUT2D eigenvalue weighted by molar-refractivity contribution is 8.00. The minimum atomic E-state index is -4.70. The number of thiazole rings is 1. The average Bonchev–Trinajstić information content (AvgIpc) is 3.46. The van der Waals surface area contributed by atoms with Crippen molar-refractivity contribution in [3.8, 4) is 0 Å². The number of rotatable bonds is 6. The highest BCUT2D eigenvalue weighted by Crippen LogP contribution is 2.54. The van der Waals surface area contributed by atoms with Crippen LogP contribution in [0.3, 0.4) is 0 Å². The van der Waals surface area contributed by atoms with E-state index in [0.29, 0.717) is 15.5 Å². The predicted octanol–water partition coefficient (Wildman–Crippen LogP) is 5.31. The molecule has 2 aliphatic heterocycles. The summed E-state index contributed by atoms with van der Waals surface area (Å²) in [4.78, 5) is 55.2. The van der Waals surface area contributed by atoms with Gasteiger partial charge >= 0.3 is 11.0 Å². The summed E-state index contributed by atoms with van der Waals surface area (Å²) in [5.74, 6) is -3.90. The number of aromatic nitrogens is 1. The maximum absolute atomic E-state index is 14.1. The quantitative estimate of drug-likeness (QED) is 0.256. The van der Waals surface area contributed by atoms with Crippen molar-refractivity contribution in [3.05, 3.63) is 104 Å². The summed E-state index contributed by atoms with van der Waals surface area (Å²) in [5.41, 5.74) is 0.443. The third kappa shape index (κ3) is 6.57. The van der Waals surface area contributed by atoms with Crippen LogP contribution in [0.25, 0.3) is 0 Å². The number of nitrogens with two attached hydrogens (primary N) is 1. The van der Waals surface area contributed by atoms with Crippen molar-refractivity contribution in [2.45, 2.75) is 60.0 Å². The molecule has 49 heavy (non-hydrogen) atoms. The number of thioether (sulfide) groups is 1. The third-order valence-electron chi connectivity index (χ3n) is 8.39. The molecule has 10 nitrogen and oxygen atoms in total. The lowest BCUT2D eigenvalue weighted by Crippen LogP contribution is -2.33. The van der Waals surface area contributed by atoms with Crippen LogP contribution < -0.4 is 20.2 Å². The lowest BCUT2D eigenvalue weighted by Gasteiger charge is -2.31. The number of amides is 3. The number of hydrogen-bond donors (Lipinski definition) is 2. The van der Waals surface area contributed by atoms with Crippen LogP contribution in [-0.2, 0) is 42.5 Å². The van der Waals surface area contributed by atoms with Gasteiger partial charge < -0.3 is 5.32 Å². The predicted molar refractivity (Wildman–Crippen MR) is 179 cm³/mol. The van der Waals surface area contributed by atoms with Crippen LogP contribution in [-0.4, -0.2) is 36.0 Å². The summed E-state index contributed by atoms with van der Waals surface area (Å²) in [6.45, 7) is 5.63. The van der Waals surface area contributed by atoms with E-state index in [1.54, 1.807) is 0 Å². The van der Waals surface area contributed by atoms with Crippen LogP contribution in [0.4, 0.5) is 24.5 Å². The fourth-order valence-electron chi connectivity index (χ4n) is 5.95. The normalized spacial score (nSPS) is 19.5. The summed E-state index contributed by atoms with van der Waals surface area (Å²) in [7, 11) is -3.95. The lowest BCUT2D eigenvalue weighted by atomic mass is 9.81. The first-order chi connectivity index (χ1) is 22.8. The molecule has 1 saturated heterocycles. The Bertz CT molecular complexity index is 2160. The van der Waals surface area contributed by atoms with Crippen LogP contribution >= 0.6 is 23.1 Å². The van der Waals surface area contributed by atoms with Crippen molar-refractivity contribution < 1.29 is 36.0 Å². The molecule has 0 radical (unpaired) electrons. The molecule has 1 fully saturated rings. The van der Waals surface area contributed by atoms with Crippen molar-refractivity contribution in [2.24, 2.45) is 11.1 Å². The summed E-state index contributed by atoms with van der Waals surface area (Å²) in [5, 5.41) is 6.93. The molecule has 3 amide bonds. The van der Waals surface area contributed by atoms with E-state index < -0.39 is 68.0 Å². The van der Waals surface area contributed by atoms with Crippen LogP contribution in [0.5, 0.6) is 0 Å². The molecule has 1 aromatic heterocycles. The molecular formula is C33H29F3N4O6S3. The smallest absolute Gasteiger partial charge is 0.325 e. The number of nitrogens with zero attached hydrogens (tertiary/aromatic N) is 2. The summed E-state index contributed by atoms with van der Waals surface area (Å²) < 4.78 is 65.1. The minimum absolute atomic E-state index is 0.156. The minimum Gasteiger partial charge on any atom is -0.325 e. The van der Waals surface area contributed by atoms with Gasteiger partial charge in [0.2, 0.25) is 27.7 Å². The van der Waals surface area contributed by atoms with Gasteiger partial charge in [-0.25, -0.2) is 18.5 Å². The van der Waals surface area contributed by atoms with Gasteiger partial charge in [0.25, 0.3) is 0 Å². The fraction of sp³-hybridized carbons (Fsp3) is 0.273. The molecule has 3 N–H and O–H groups in total. The highest BCUT2D eigenvalue weighted by Gasteiger charge is 2.57. The number of imide groups is 1. The largest absolute Gasteiger partial charge is 0.416 e. The number of sulfonamides is 1. The number of carbonyl (C=O) groups is 3. The van der Waals surface area contributed by atoms with Gasteiger partial charge in [0.1, 0.15) is 11.8 Å². The maximum atomic E-state index is 14.1. The van der Waals surface area contributed by atoms with E-state index in [1.807, 2.05) is 45.0 Å². The van der Waals surface area contributed by atoms with E-state index in [9.17, 15) is 40.8 Å². The Labute approximate surface area is 287 Å². The van der Waals surface area contributed by atoms with Gasteiger partial charge in [-0.15, -0.1) is 0 Å². The number of hydrogen-bond acceptors (Lipinski definition) is 8. The van der Waals surface area contributed by atoms with Crippen LogP contribution in [0.15, 0.2) is 87.5 Å². The monoisotopic (exact) mass is 730 g/mol. The van der Waals surface area contributed by atoms with E-state index in [1.165, 1.54) is 34.9 Å². The van der Waals surface area contributed by atoms with Crippen molar-refractivity contribution in [3.63, 3.8) is 0 Å². The average molecular weight is 731 g/mol.